The van der Waals surface area contributed by atoms with Crippen LogP contribution >= 0.6 is 0 Å². The van der Waals surface area contributed by atoms with Gasteiger partial charge in [-0.15, -0.1) is 0 Å². The molecule has 0 aromatic rings. The third-order valence-corrected chi connectivity index (χ3v) is 3.06. The van der Waals surface area contributed by atoms with E-state index in [0.717, 1.165) is 0 Å². The van der Waals surface area contributed by atoms with Gasteiger partial charge < -0.3 is 0 Å². The van der Waals surface area contributed by atoms with Crippen molar-refractivity contribution in [1.82, 2.24) is 0 Å². The van der Waals surface area contributed by atoms with Crippen molar-refractivity contribution in [1.29, 1.82) is 0 Å². The van der Waals surface area contributed by atoms with Crippen molar-refractivity contribution < 1.29 is 0 Å². The summed E-state index contributed by atoms with van der Waals surface area (Å²) in [6, 6.07) is 0. The molecule has 0 spiro atoms. The number of allylic oxidation sites excluding steroid dienone is 2. The fraction of sp³-hybridized carbons (Fsp3) is 0.846. The molecular formula is C13H24. The van der Waals surface area contributed by atoms with Crippen LogP contribution in [0, 0.1) is 5.41 Å². The third-order valence-electron chi connectivity index (χ3n) is 3.06. The summed E-state index contributed by atoms with van der Waals surface area (Å²) in [4.78, 5) is 0. The van der Waals surface area contributed by atoms with Crippen molar-refractivity contribution in [2.45, 2.75) is 65.7 Å². The summed E-state index contributed by atoms with van der Waals surface area (Å²) in [5, 5.41) is 0. The quantitative estimate of drug-likeness (QED) is 0.434. The maximum Gasteiger partial charge on any atom is -0.0269 e. The van der Waals surface area contributed by atoms with Gasteiger partial charge in [0.25, 0.3) is 0 Å². The Hall–Kier alpha value is -0.260. The summed E-state index contributed by atoms with van der Waals surface area (Å²) in [6.45, 7) is 7.08. The van der Waals surface area contributed by atoms with Crippen molar-refractivity contribution in [2.24, 2.45) is 5.41 Å². The molecule has 0 atom stereocenters. The second-order valence-corrected chi connectivity index (χ2v) is 5.20. The summed E-state index contributed by atoms with van der Waals surface area (Å²) in [6.07, 6.45) is 12.0. The highest BCUT2D eigenvalue weighted by molar-refractivity contribution is 5.08. The molecule has 0 nitrogen and oxygen atoms in total. The molecule has 0 heterocycles. The van der Waals surface area contributed by atoms with Crippen molar-refractivity contribution in [2.75, 3.05) is 0 Å². The highest BCUT2D eigenvalue weighted by Crippen LogP contribution is 2.36. The van der Waals surface area contributed by atoms with E-state index in [2.05, 4.69) is 26.8 Å². The van der Waals surface area contributed by atoms with Crippen LogP contribution in [-0.4, -0.2) is 0 Å². The van der Waals surface area contributed by atoms with Crippen LogP contribution in [0.4, 0.5) is 0 Å². The smallest absolute Gasteiger partial charge is 0.0269 e. The number of unbranched alkanes of at least 4 members (excludes halogenated alkanes) is 2. The standard InChI is InChI=1S/C13H24/c1-4-5-6-8-12-9-7-10-13(2,3)11-12/h9H,4-8,10-11H2,1-3H3. The Morgan fingerprint density at radius 2 is 2.08 bits per heavy atom. The molecule has 0 saturated carbocycles. The zero-order chi connectivity index (χ0) is 9.73. The Balaban J connectivity index is 2.30. The van der Waals surface area contributed by atoms with Crippen molar-refractivity contribution in [3.63, 3.8) is 0 Å². The lowest BCUT2D eigenvalue weighted by atomic mass is 9.76. The zero-order valence-electron chi connectivity index (χ0n) is 9.53. The van der Waals surface area contributed by atoms with Crippen molar-refractivity contribution in [3.8, 4) is 0 Å². The predicted molar refractivity (Wildman–Crippen MR) is 59.9 cm³/mol. The van der Waals surface area contributed by atoms with Gasteiger partial charge in [-0.05, 0) is 37.5 Å². The van der Waals surface area contributed by atoms with Crippen molar-refractivity contribution >= 4 is 0 Å². The van der Waals surface area contributed by atoms with E-state index >= 15 is 0 Å². The molecule has 1 aliphatic carbocycles. The molecule has 0 bridgehead atoms. The van der Waals surface area contributed by atoms with Gasteiger partial charge in [0, 0.05) is 0 Å². The lowest BCUT2D eigenvalue weighted by molar-refractivity contribution is 0.315. The van der Waals surface area contributed by atoms with Crippen LogP contribution in [0.5, 0.6) is 0 Å². The molecule has 0 saturated heterocycles. The largest absolute Gasteiger partial charge is 0.0853 e. The van der Waals surface area contributed by atoms with E-state index in [0.29, 0.717) is 5.41 Å². The molecule has 0 aromatic carbocycles. The first-order chi connectivity index (χ1) is 6.14. The summed E-state index contributed by atoms with van der Waals surface area (Å²) in [5.41, 5.74) is 2.31. The van der Waals surface area contributed by atoms with E-state index in [1.165, 1.54) is 44.9 Å². The van der Waals surface area contributed by atoms with Crippen molar-refractivity contribution in [3.05, 3.63) is 11.6 Å². The molecule has 0 unspecified atom stereocenters. The van der Waals surface area contributed by atoms with Gasteiger partial charge >= 0.3 is 0 Å². The summed E-state index contributed by atoms with van der Waals surface area (Å²) in [7, 11) is 0. The molecule has 0 amide bonds. The Morgan fingerprint density at radius 1 is 1.31 bits per heavy atom. The number of hydrogen-bond acceptors (Lipinski definition) is 0. The minimum Gasteiger partial charge on any atom is -0.0853 e. The first-order valence-electron chi connectivity index (χ1n) is 5.82. The first kappa shape index (κ1) is 10.8. The van der Waals surface area contributed by atoms with Crippen LogP contribution in [0.1, 0.15) is 65.7 Å². The first-order valence-corrected chi connectivity index (χ1v) is 5.82. The fourth-order valence-electron chi connectivity index (χ4n) is 2.23. The SMILES string of the molecule is CCCCCC1=CCCC(C)(C)C1. The van der Waals surface area contributed by atoms with E-state index in [-0.39, 0.29) is 0 Å². The Morgan fingerprint density at radius 3 is 2.69 bits per heavy atom. The highest BCUT2D eigenvalue weighted by atomic mass is 14.3. The van der Waals surface area contributed by atoms with Crippen LogP contribution in [0.3, 0.4) is 0 Å². The maximum absolute atomic E-state index is 2.49. The molecule has 0 heteroatoms. The van der Waals surface area contributed by atoms with Gasteiger partial charge in [-0.2, -0.15) is 0 Å². The molecule has 76 valence electrons. The second-order valence-electron chi connectivity index (χ2n) is 5.20. The van der Waals surface area contributed by atoms with Crippen LogP contribution in [-0.2, 0) is 0 Å². The monoisotopic (exact) mass is 180 g/mol. The van der Waals surface area contributed by atoms with Gasteiger partial charge in [-0.25, -0.2) is 0 Å². The second kappa shape index (κ2) is 4.83. The lowest BCUT2D eigenvalue weighted by Gasteiger charge is -2.29. The zero-order valence-corrected chi connectivity index (χ0v) is 9.53. The number of rotatable bonds is 4. The molecule has 0 aliphatic heterocycles. The van der Waals surface area contributed by atoms with Crippen LogP contribution < -0.4 is 0 Å². The van der Waals surface area contributed by atoms with Gasteiger partial charge in [0.05, 0.1) is 0 Å². The minimum absolute atomic E-state index is 0.580. The molecule has 0 N–H and O–H groups in total. The van der Waals surface area contributed by atoms with Crippen LogP contribution in [0.25, 0.3) is 0 Å². The van der Waals surface area contributed by atoms with E-state index in [4.69, 9.17) is 0 Å². The van der Waals surface area contributed by atoms with E-state index < -0.39 is 0 Å². The van der Waals surface area contributed by atoms with Gasteiger partial charge in [-0.3, -0.25) is 0 Å². The van der Waals surface area contributed by atoms with E-state index in [1.807, 2.05) is 0 Å². The lowest BCUT2D eigenvalue weighted by Crippen LogP contribution is -2.15. The summed E-state index contributed by atoms with van der Waals surface area (Å²) >= 11 is 0. The topological polar surface area (TPSA) is 0 Å². The molecule has 0 radical (unpaired) electrons. The molecule has 13 heavy (non-hydrogen) atoms. The van der Waals surface area contributed by atoms with Gasteiger partial charge in [0.15, 0.2) is 0 Å². The van der Waals surface area contributed by atoms with Gasteiger partial charge in [-0.1, -0.05) is 45.3 Å². The van der Waals surface area contributed by atoms with Crippen LogP contribution in [0.15, 0.2) is 11.6 Å². The highest BCUT2D eigenvalue weighted by Gasteiger charge is 2.21. The Labute approximate surface area is 83.4 Å². The normalized spacial score (nSPS) is 21.3. The minimum atomic E-state index is 0.580. The molecule has 0 fully saturated rings. The molecular weight excluding hydrogens is 156 g/mol. The molecule has 1 aliphatic rings. The Bertz CT molecular complexity index is 174. The predicted octanol–water partition coefficient (Wildman–Crippen LogP) is 4.70. The maximum atomic E-state index is 2.49. The summed E-state index contributed by atoms with van der Waals surface area (Å²) < 4.78 is 0. The average molecular weight is 180 g/mol. The van der Waals surface area contributed by atoms with E-state index in [9.17, 15) is 0 Å². The molecule has 1 rings (SSSR count). The third kappa shape index (κ3) is 3.97. The Kier molecular flexibility index (Phi) is 4.02. The average Bonchev–Trinajstić information content (AvgIpc) is 2.03. The van der Waals surface area contributed by atoms with Crippen LogP contribution in [0.2, 0.25) is 0 Å². The van der Waals surface area contributed by atoms with E-state index in [1.54, 1.807) is 5.57 Å². The number of hydrogen-bond donors (Lipinski definition) is 0. The van der Waals surface area contributed by atoms with Gasteiger partial charge in [0.2, 0.25) is 0 Å². The molecule has 0 aromatic heterocycles. The summed E-state index contributed by atoms with van der Waals surface area (Å²) in [5.74, 6) is 0. The van der Waals surface area contributed by atoms with Gasteiger partial charge in [0.1, 0.15) is 0 Å². The fourth-order valence-corrected chi connectivity index (χ4v) is 2.23.